The summed E-state index contributed by atoms with van der Waals surface area (Å²) >= 11 is 6.03. The summed E-state index contributed by atoms with van der Waals surface area (Å²) in [5.41, 5.74) is 0.838. The fourth-order valence-corrected chi connectivity index (χ4v) is 1.89. The molecule has 0 aliphatic heterocycles. The summed E-state index contributed by atoms with van der Waals surface area (Å²) in [5.74, 6) is -0.869. The molecule has 1 atom stereocenters. The van der Waals surface area contributed by atoms with Gasteiger partial charge < -0.3 is 15.7 Å². The Bertz CT molecular complexity index is 451. The lowest BCUT2D eigenvalue weighted by Crippen LogP contribution is -2.37. The number of benzene rings is 1. The lowest BCUT2D eigenvalue weighted by Gasteiger charge is -2.16. The van der Waals surface area contributed by atoms with Crippen molar-refractivity contribution in [1.29, 1.82) is 0 Å². The molecule has 104 valence electrons. The highest BCUT2D eigenvalue weighted by Crippen LogP contribution is 2.21. The first kappa shape index (κ1) is 15.3. The summed E-state index contributed by atoms with van der Waals surface area (Å²) in [5, 5.41) is 14.4. The molecule has 19 heavy (non-hydrogen) atoms. The van der Waals surface area contributed by atoms with Gasteiger partial charge in [0.25, 0.3) is 0 Å². The van der Waals surface area contributed by atoms with Gasteiger partial charge in [-0.1, -0.05) is 29.8 Å². The third-order valence-electron chi connectivity index (χ3n) is 2.57. The lowest BCUT2D eigenvalue weighted by atomic mass is 10.1. The zero-order valence-electron chi connectivity index (χ0n) is 10.6. The Morgan fingerprint density at radius 3 is 2.68 bits per heavy atom. The molecule has 0 radical (unpaired) electrons. The van der Waals surface area contributed by atoms with E-state index in [4.69, 9.17) is 16.7 Å². The molecule has 0 heterocycles. The monoisotopic (exact) mass is 284 g/mol. The van der Waals surface area contributed by atoms with Gasteiger partial charge in [0, 0.05) is 18.0 Å². The van der Waals surface area contributed by atoms with Crippen LogP contribution in [-0.4, -0.2) is 23.7 Å². The SMILES string of the molecule is C[C@@H](NC(=O)NCCCC(=O)O)c1ccccc1Cl. The molecule has 0 aromatic heterocycles. The average molecular weight is 285 g/mol. The summed E-state index contributed by atoms with van der Waals surface area (Å²) in [4.78, 5) is 21.9. The number of carboxylic acids is 1. The van der Waals surface area contributed by atoms with Crippen LogP contribution in [0.4, 0.5) is 4.79 Å². The maximum absolute atomic E-state index is 11.6. The predicted octanol–water partition coefficient (Wildman–Crippen LogP) is 2.57. The Balaban J connectivity index is 2.36. The van der Waals surface area contributed by atoms with E-state index in [9.17, 15) is 9.59 Å². The van der Waals surface area contributed by atoms with Crippen molar-refractivity contribution in [1.82, 2.24) is 10.6 Å². The quantitative estimate of drug-likeness (QED) is 0.703. The zero-order chi connectivity index (χ0) is 14.3. The van der Waals surface area contributed by atoms with Gasteiger partial charge in [0.2, 0.25) is 0 Å². The van der Waals surface area contributed by atoms with E-state index in [1.54, 1.807) is 6.07 Å². The fraction of sp³-hybridized carbons (Fsp3) is 0.385. The highest BCUT2D eigenvalue weighted by Gasteiger charge is 2.11. The van der Waals surface area contributed by atoms with Gasteiger partial charge in [0.05, 0.1) is 6.04 Å². The van der Waals surface area contributed by atoms with Crippen molar-refractivity contribution in [3.63, 3.8) is 0 Å². The summed E-state index contributed by atoms with van der Waals surface area (Å²) in [6.45, 7) is 2.16. The number of rotatable bonds is 6. The van der Waals surface area contributed by atoms with Gasteiger partial charge in [-0.25, -0.2) is 4.79 Å². The van der Waals surface area contributed by atoms with Crippen molar-refractivity contribution < 1.29 is 14.7 Å². The van der Waals surface area contributed by atoms with E-state index in [0.29, 0.717) is 18.0 Å². The van der Waals surface area contributed by atoms with Gasteiger partial charge >= 0.3 is 12.0 Å². The first-order chi connectivity index (χ1) is 9.00. The standard InChI is InChI=1S/C13H17ClN2O3/c1-9(10-5-2-3-6-11(10)14)16-13(19)15-8-4-7-12(17)18/h2-3,5-6,9H,4,7-8H2,1H3,(H,17,18)(H2,15,16,19)/t9-/m1/s1. The van der Waals surface area contributed by atoms with Crippen LogP contribution in [0.15, 0.2) is 24.3 Å². The number of hydrogen-bond acceptors (Lipinski definition) is 2. The van der Waals surface area contributed by atoms with Crippen LogP contribution in [0.25, 0.3) is 0 Å². The van der Waals surface area contributed by atoms with Crippen molar-refractivity contribution >= 4 is 23.6 Å². The number of aliphatic carboxylic acids is 1. The molecule has 0 spiro atoms. The van der Waals surface area contributed by atoms with E-state index in [2.05, 4.69) is 10.6 Å². The zero-order valence-corrected chi connectivity index (χ0v) is 11.4. The van der Waals surface area contributed by atoms with Crippen LogP contribution in [0.5, 0.6) is 0 Å². The number of carbonyl (C=O) groups excluding carboxylic acids is 1. The third-order valence-corrected chi connectivity index (χ3v) is 2.92. The van der Waals surface area contributed by atoms with Crippen LogP contribution in [0, 0.1) is 0 Å². The molecule has 1 aromatic carbocycles. The van der Waals surface area contributed by atoms with E-state index in [1.165, 1.54) is 0 Å². The first-order valence-electron chi connectivity index (χ1n) is 6.01. The maximum Gasteiger partial charge on any atom is 0.315 e. The number of urea groups is 1. The Labute approximate surface area is 117 Å². The second-order valence-electron chi connectivity index (χ2n) is 4.14. The van der Waals surface area contributed by atoms with E-state index in [0.717, 1.165) is 5.56 Å². The number of amides is 2. The van der Waals surface area contributed by atoms with E-state index >= 15 is 0 Å². The highest BCUT2D eigenvalue weighted by atomic mass is 35.5. The van der Waals surface area contributed by atoms with Crippen molar-refractivity contribution in [3.05, 3.63) is 34.9 Å². The van der Waals surface area contributed by atoms with Crippen LogP contribution in [0.3, 0.4) is 0 Å². The van der Waals surface area contributed by atoms with Crippen molar-refractivity contribution in [2.24, 2.45) is 0 Å². The molecule has 5 nitrogen and oxygen atoms in total. The molecule has 0 unspecified atom stereocenters. The van der Waals surface area contributed by atoms with Gasteiger partial charge in [-0.15, -0.1) is 0 Å². The summed E-state index contributed by atoms with van der Waals surface area (Å²) < 4.78 is 0. The van der Waals surface area contributed by atoms with Gasteiger partial charge in [-0.05, 0) is 25.0 Å². The molecule has 0 saturated carbocycles. The maximum atomic E-state index is 11.6. The normalized spacial score (nSPS) is 11.7. The summed E-state index contributed by atoms with van der Waals surface area (Å²) in [6, 6.07) is 6.73. The van der Waals surface area contributed by atoms with Gasteiger partial charge in [-0.2, -0.15) is 0 Å². The molecule has 6 heteroatoms. The number of hydrogen-bond donors (Lipinski definition) is 3. The predicted molar refractivity (Wildman–Crippen MR) is 73.3 cm³/mol. The molecular formula is C13H17ClN2O3. The molecule has 3 N–H and O–H groups in total. The number of halogens is 1. The molecule has 0 fully saturated rings. The number of carbonyl (C=O) groups is 2. The minimum Gasteiger partial charge on any atom is -0.481 e. The van der Waals surface area contributed by atoms with Crippen molar-refractivity contribution in [2.45, 2.75) is 25.8 Å². The van der Waals surface area contributed by atoms with Crippen LogP contribution in [0.2, 0.25) is 5.02 Å². The van der Waals surface area contributed by atoms with Gasteiger partial charge in [0.15, 0.2) is 0 Å². The number of carboxylic acid groups (broad SMARTS) is 1. The summed E-state index contributed by atoms with van der Waals surface area (Å²) in [7, 11) is 0. The molecule has 1 aromatic rings. The number of nitrogens with one attached hydrogen (secondary N) is 2. The Morgan fingerprint density at radius 2 is 2.05 bits per heavy atom. The largest absolute Gasteiger partial charge is 0.481 e. The summed E-state index contributed by atoms with van der Waals surface area (Å²) in [6.07, 6.45) is 0.448. The molecular weight excluding hydrogens is 268 g/mol. The highest BCUT2D eigenvalue weighted by molar-refractivity contribution is 6.31. The van der Waals surface area contributed by atoms with Crippen LogP contribution in [-0.2, 0) is 4.79 Å². The molecule has 0 saturated heterocycles. The first-order valence-corrected chi connectivity index (χ1v) is 6.39. The molecule has 1 rings (SSSR count). The van der Waals surface area contributed by atoms with Crippen LogP contribution in [0.1, 0.15) is 31.4 Å². The minimum atomic E-state index is -0.869. The lowest BCUT2D eigenvalue weighted by molar-refractivity contribution is -0.137. The van der Waals surface area contributed by atoms with Gasteiger partial charge in [-0.3, -0.25) is 4.79 Å². The topological polar surface area (TPSA) is 78.4 Å². The molecule has 0 aliphatic carbocycles. The fourth-order valence-electron chi connectivity index (χ4n) is 1.59. The second-order valence-corrected chi connectivity index (χ2v) is 4.55. The average Bonchev–Trinajstić information content (AvgIpc) is 2.35. The molecule has 0 bridgehead atoms. The van der Waals surface area contributed by atoms with Crippen molar-refractivity contribution in [3.8, 4) is 0 Å². The smallest absolute Gasteiger partial charge is 0.315 e. The Morgan fingerprint density at radius 1 is 1.37 bits per heavy atom. The van der Waals surface area contributed by atoms with E-state index in [-0.39, 0.29) is 18.5 Å². The van der Waals surface area contributed by atoms with E-state index < -0.39 is 5.97 Å². The van der Waals surface area contributed by atoms with Crippen LogP contribution < -0.4 is 10.6 Å². The van der Waals surface area contributed by atoms with E-state index in [1.807, 2.05) is 25.1 Å². The van der Waals surface area contributed by atoms with Gasteiger partial charge in [0.1, 0.15) is 0 Å². The Hall–Kier alpha value is -1.75. The molecule has 0 aliphatic rings. The molecule has 2 amide bonds. The second kappa shape index (κ2) is 7.63. The van der Waals surface area contributed by atoms with Crippen LogP contribution >= 0.6 is 11.6 Å². The third kappa shape index (κ3) is 5.61. The Kier molecular flexibility index (Phi) is 6.15. The minimum absolute atomic E-state index is 0.0420. The van der Waals surface area contributed by atoms with Crippen molar-refractivity contribution in [2.75, 3.05) is 6.54 Å².